The van der Waals surface area contributed by atoms with Crippen LogP contribution in [0.3, 0.4) is 0 Å². The molecule has 196 valence electrons. The minimum Gasteiger partial charge on any atom is -0.447 e. The number of aromatic nitrogens is 3. The molecule has 37 heavy (non-hydrogen) atoms. The molecule has 2 aromatic heterocycles. The molecule has 0 radical (unpaired) electrons. The van der Waals surface area contributed by atoms with E-state index in [2.05, 4.69) is 20.3 Å². The maximum absolute atomic E-state index is 14.7. The molecule has 4 rings (SSSR count). The standard InChI is InChI=1S/C24H23F5N6O2/c1-11-6-18(32-9-16(11)15-7-14(30)8-17(21(15)26)24(27,28)29)13(3)33-22-31-5-4-20(34-22)35-19(12(2)25)10-37-23(35)36/h4-9,12-13,19H,10,30H2,1-3H3,(H,31,33,34)/t12-,13-,19+/m0/s1. The van der Waals surface area contributed by atoms with Crippen LogP contribution in [0.2, 0.25) is 0 Å². The van der Waals surface area contributed by atoms with Gasteiger partial charge in [0.25, 0.3) is 0 Å². The Morgan fingerprint density at radius 3 is 2.57 bits per heavy atom. The number of nitrogen functional groups attached to an aromatic ring is 1. The number of hydrogen-bond acceptors (Lipinski definition) is 7. The first-order chi connectivity index (χ1) is 17.4. The molecule has 1 aromatic carbocycles. The van der Waals surface area contributed by atoms with Gasteiger partial charge in [0.05, 0.1) is 17.3 Å². The van der Waals surface area contributed by atoms with E-state index in [0.29, 0.717) is 17.3 Å². The van der Waals surface area contributed by atoms with Crippen molar-refractivity contribution in [3.05, 3.63) is 59.3 Å². The zero-order valence-electron chi connectivity index (χ0n) is 20.0. The summed E-state index contributed by atoms with van der Waals surface area (Å²) in [4.78, 5) is 25.9. The predicted molar refractivity (Wildman–Crippen MR) is 126 cm³/mol. The first-order valence-corrected chi connectivity index (χ1v) is 11.2. The number of benzene rings is 1. The van der Waals surface area contributed by atoms with E-state index in [4.69, 9.17) is 10.5 Å². The second-order valence-corrected chi connectivity index (χ2v) is 8.65. The Kier molecular flexibility index (Phi) is 6.89. The maximum atomic E-state index is 14.7. The van der Waals surface area contributed by atoms with Crippen LogP contribution in [-0.4, -0.2) is 39.9 Å². The number of alkyl halides is 4. The lowest BCUT2D eigenvalue weighted by Crippen LogP contribution is -2.39. The molecule has 0 saturated carbocycles. The number of amides is 1. The smallest absolute Gasteiger partial charge is 0.419 e. The first-order valence-electron chi connectivity index (χ1n) is 11.2. The molecule has 0 bridgehead atoms. The van der Waals surface area contributed by atoms with Crippen molar-refractivity contribution in [1.82, 2.24) is 15.0 Å². The average Bonchev–Trinajstić information content (AvgIpc) is 3.21. The molecule has 1 fully saturated rings. The van der Waals surface area contributed by atoms with Crippen molar-refractivity contribution in [2.45, 2.75) is 45.2 Å². The van der Waals surface area contributed by atoms with Gasteiger partial charge < -0.3 is 15.8 Å². The Bertz CT molecular complexity index is 1330. The normalized spacial score (nSPS) is 17.5. The third-order valence-electron chi connectivity index (χ3n) is 5.94. The van der Waals surface area contributed by atoms with Crippen LogP contribution in [0.15, 0.2) is 36.7 Å². The molecule has 1 aliphatic heterocycles. The van der Waals surface area contributed by atoms with Gasteiger partial charge in [-0.25, -0.2) is 18.6 Å². The molecule has 3 aromatic rings. The van der Waals surface area contributed by atoms with Crippen LogP contribution in [0.4, 0.5) is 44.2 Å². The quantitative estimate of drug-likeness (QED) is 0.328. The van der Waals surface area contributed by atoms with Gasteiger partial charge in [-0.1, -0.05) is 0 Å². The maximum Gasteiger partial charge on any atom is 0.419 e. The highest BCUT2D eigenvalue weighted by molar-refractivity contribution is 5.89. The molecule has 1 aliphatic rings. The summed E-state index contributed by atoms with van der Waals surface area (Å²) in [5, 5.41) is 3.02. The Labute approximate surface area is 208 Å². The van der Waals surface area contributed by atoms with Gasteiger partial charge in [0.1, 0.15) is 30.5 Å². The number of aryl methyl sites for hydroxylation is 1. The number of carbonyl (C=O) groups excluding carboxylic acids is 1. The lowest BCUT2D eigenvalue weighted by Gasteiger charge is -2.22. The predicted octanol–water partition coefficient (Wildman–Crippen LogP) is 5.44. The topological polar surface area (TPSA) is 106 Å². The molecular weight excluding hydrogens is 499 g/mol. The third-order valence-corrected chi connectivity index (χ3v) is 5.94. The molecule has 3 N–H and O–H groups in total. The Morgan fingerprint density at radius 1 is 1.19 bits per heavy atom. The number of hydrogen-bond donors (Lipinski definition) is 2. The van der Waals surface area contributed by atoms with E-state index < -0.39 is 41.9 Å². The van der Waals surface area contributed by atoms with E-state index in [9.17, 15) is 26.7 Å². The Morgan fingerprint density at radius 2 is 1.92 bits per heavy atom. The van der Waals surface area contributed by atoms with Crippen molar-refractivity contribution in [2.75, 3.05) is 22.6 Å². The van der Waals surface area contributed by atoms with Crippen LogP contribution in [0, 0.1) is 12.7 Å². The summed E-state index contributed by atoms with van der Waals surface area (Å²) in [5.74, 6) is -1.16. The van der Waals surface area contributed by atoms with Gasteiger partial charge in [-0.3, -0.25) is 9.88 Å². The minimum absolute atomic E-state index is 0.104. The van der Waals surface area contributed by atoms with Crippen LogP contribution in [-0.2, 0) is 10.9 Å². The molecule has 13 heteroatoms. The van der Waals surface area contributed by atoms with Crippen molar-refractivity contribution in [1.29, 1.82) is 0 Å². The molecule has 0 spiro atoms. The number of pyridine rings is 1. The Balaban J connectivity index is 1.58. The van der Waals surface area contributed by atoms with Gasteiger partial charge in [0.2, 0.25) is 5.95 Å². The molecular formula is C24H23F5N6O2. The molecule has 3 atom stereocenters. The van der Waals surface area contributed by atoms with Crippen LogP contribution in [0.5, 0.6) is 0 Å². The van der Waals surface area contributed by atoms with E-state index in [1.165, 1.54) is 25.4 Å². The van der Waals surface area contributed by atoms with Crippen LogP contribution in [0.1, 0.15) is 36.7 Å². The van der Waals surface area contributed by atoms with E-state index >= 15 is 0 Å². The van der Waals surface area contributed by atoms with Crippen molar-refractivity contribution in [3.63, 3.8) is 0 Å². The number of carbonyl (C=O) groups is 1. The molecule has 0 unspecified atom stereocenters. The third kappa shape index (κ3) is 5.25. The van der Waals surface area contributed by atoms with Gasteiger partial charge in [-0.15, -0.1) is 0 Å². The molecule has 1 amide bonds. The first kappa shape index (κ1) is 26.0. The molecule has 8 nitrogen and oxygen atoms in total. The Hall–Kier alpha value is -4.03. The lowest BCUT2D eigenvalue weighted by molar-refractivity contribution is -0.139. The summed E-state index contributed by atoms with van der Waals surface area (Å²) in [6.45, 7) is 4.56. The zero-order chi connectivity index (χ0) is 27.1. The highest BCUT2D eigenvalue weighted by Crippen LogP contribution is 2.38. The van der Waals surface area contributed by atoms with E-state index in [0.717, 1.165) is 11.0 Å². The van der Waals surface area contributed by atoms with Crippen LogP contribution >= 0.6 is 0 Å². The van der Waals surface area contributed by atoms with E-state index in [1.807, 2.05) is 0 Å². The van der Waals surface area contributed by atoms with E-state index in [1.54, 1.807) is 19.9 Å². The summed E-state index contributed by atoms with van der Waals surface area (Å²) < 4.78 is 73.3. The number of nitrogens with one attached hydrogen (secondary N) is 1. The number of ether oxygens (including phenoxy) is 1. The number of cyclic esters (lactones) is 1. The van der Waals surface area contributed by atoms with Gasteiger partial charge in [-0.2, -0.15) is 18.2 Å². The summed E-state index contributed by atoms with van der Waals surface area (Å²) in [6, 6.07) is 3.39. The fourth-order valence-corrected chi connectivity index (χ4v) is 4.00. The number of anilines is 3. The second-order valence-electron chi connectivity index (χ2n) is 8.65. The van der Waals surface area contributed by atoms with Crippen molar-refractivity contribution in [2.24, 2.45) is 0 Å². The van der Waals surface area contributed by atoms with Gasteiger partial charge in [0, 0.05) is 29.2 Å². The highest BCUT2D eigenvalue weighted by atomic mass is 19.4. The van der Waals surface area contributed by atoms with E-state index in [-0.39, 0.29) is 35.2 Å². The number of nitrogens with zero attached hydrogens (tertiary/aromatic N) is 4. The number of rotatable bonds is 6. The zero-order valence-corrected chi connectivity index (χ0v) is 20.0. The van der Waals surface area contributed by atoms with Crippen molar-refractivity contribution in [3.8, 4) is 11.1 Å². The SMILES string of the molecule is Cc1cc([C@H](C)Nc2nccc(N3C(=O)OC[C@@H]3[C@H](C)F)n2)ncc1-c1cc(N)cc(C(F)(F)F)c1F. The summed E-state index contributed by atoms with van der Waals surface area (Å²) in [5.41, 5.74) is 4.69. The monoisotopic (exact) mass is 522 g/mol. The van der Waals surface area contributed by atoms with Crippen molar-refractivity contribution >= 4 is 23.5 Å². The second kappa shape index (κ2) is 9.79. The van der Waals surface area contributed by atoms with Gasteiger partial charge >= 0.3 is 12.3 Å². The number of nitrogens with two attached hydrogens (primary N) is 1. The van der Waals surface area contributed by atoms with Gasteiger partial charge in [-0.05, 0) is 50.6 Å². The van der Waals surface area contributed by atoms with Crippen molar-refractivity contribution < 1.29 is 31.5 Å². The summed E-state index contributed by atoms with van der Waals surface area (Å²) in [7, 11) is 0. The van der Waals surface area contributed by atoms with Gasteiger partial charge in [0.15, 0.2) is 0 Å². The molecule has 3 heterocycles. The fraction of sp³-hybridized carbons (Fsp3) is 0.333. The number of halogens is 5. The fourth-order valence-electron chi connectivity index (χ4n) is 4.00. The highest BCUT2D eigenvalue weighted by Gasteiger charge is 2.39. The average molecular weight is 522 g/mol. The van der Waals surface area contributed by atoms with Crippen LogP contribution < -0.4 is 16.0 Å². The summed E-state index contributed by atoms with van der Waals surface area (Å²) >= 11 is 0. The minimum atomic E-state index is -4.91. The lowest BCUT2D eigenvalue weighted by atomic mass is 9.97. The van der Waals surface area contributed by atoms with Crippen LogP contribution in [0.25, 0.3) is 11.1 Å². The molecule has 1 saturated heterocycles. The largest absolute Gasteiger partial charge is 0.447 e. The summed E-state index contributed by atoms with van der Waals surface area (Å²) in [6.07, 6.45) is -4.31. The molecule has 0 aliphatic carbocycles.